The van der Waals surface area contributed by atoms with Crippen LogP contribution in [0.4, 0.5) is 5.69 Å². The second-order valence-corrected chi connectivity index (χ2v) is 6.84. The molecule has 0 amide bonds. The molecule has 1 aliphatic rings. The van der Waals surface area contributed by atoms with E-state index in [1.165, 1.54) is 17.9 Å². The number of hydrogen-bond donors (Lipinski definition) is 1. The van der Waals surface area contributed by atoms with E-state index in [1.54, 1.807) is 0 Å². The van der Waals surface area contributed by atoms with Gasteiger partial charge in [-0.2, -0.15) is 11.8 Å². The topological polar surface area (TPSA) is 24.9 Å². The number of pyridine rings is 1. The molecule has 2 nitrogen and oxygen atoms in total. The Labute approximate surface area is 110 Å². The van der Waals surface area contributed by atoms with Gasteiger partial charge in [-0.3, -0.25) is 0 Å². The summed E-state index contributed by atoms with van der Waals surface area (Å²) in [7, 11) is 0. The monoisotopic (exact) mass is 300 g/mol. The third kappa shape index (κ3) is 2.92. The average molecular weight is 301 g/mol. The highest BCUT2D eigenvalue weighted by Crippen LogP contribution is 2.35. The summed E-state index contributed by atoms with van der Waals surface area (Å²) in [6.45, 7) is 4.69. The van der Waals surface area contributed by atoms with E-state index in [1.807, 2.05) is 24.0 Å². The van der Waals surface area contributed by atoms with Crippen LogP contribution in [0.5, 0.6) is 0 Å². The lowest BCUT2D eigenvalue weighted by Gasteiger charge is -2.39. The Morgan fingerprint density at radius 3 is 2.94 bits per heavy atom. The van der Waals surface area contributed by atoms with Gasteiger partial charge in [-0.1, -0.05) is 13.8 Å². The third-order valence-electron chi connectivity index (χ3n) is 3.19. The summed E-state index contributed by atoms with van der Waals surface area (Å²) in [6.07, 6.45) is 3.17. The van der Waals surface area contributed by atoms with Crippen molar-refractivity contribution < 1.29 is 0 Å². The molecule has 1 atom stereocenters. The Hall–Kier alpha value is -0.220. The zero-order valence-corrected chi connectivity index (χ0v) is 12.1. The van der Waals surface area contributed by atoms with Crippen LogP contribution in [0.1, 0.15) is 20.3 Å². The first kappa shape index (κ1) is 12.2. The summed E-state index contributed by atoms with van der Waals surface area (Å²) in [6, 6.07) is 4.59. The van der Waals surface area contributed by atoms with Crippen molar-refractivity contribution in [3.05, 3.63) is 22.9 Å². The highest BCUT2D eigenvalue weighted by molar-refractivity contribution is 9.10. The Morgan fingerprint density at radius 1 is 1.50 bits per heavy atom. The summed E-state index contributed by atoms with van der Waals surface area (Å²) in [5, 5.41) is 3.59. The number of hydrogen-bond acceptors (Lipinski definition) is 3. The van der Waals surface area contributed by atoms with Crippen LogP contribution in [-0.2, 0) is 0 Å². The van der Waals surface area contributed by atoms with Crippen LogP contribution in [0.2, 0.25) is 0 Å². The smallest absolute Gasteiger partial charge is 0.106 e. The Bertz CT molecular complexity index is 351. The summed E-state index contributed by atoms with van der Waals surface area (Å²) >= 11 is 5.39. The molecular weight excluding hydrogens is 284 g/mol. The summed E-state index contributed by atoms with van der Waals surface area (Å²) in [5.41, 5.74) is 1.49. The van der Waals surface area contributed by atoms with Gasteiger partial charge in [-0.25, -0.2) is 4.98 Å². The summed E-state index contributed by atoms with van der Waals surface area (Å²) in [4.78, 5) is 4.24. The normalized spacial score (nSPS) is 24.1. The van der Waals surface area contributed by atoms with E-state index in [0.717, 1.165) is 10.3 Å². The van der Waals surface area contributed by atoms with Gasteiger partial charge in [0, 0.05) is 11.8 Å². The molecule has 0 aromatic carbocycles. The Kier molecular flexibility index (Phi) is 3.80. The van der Waals surface area contributed by atoms with E-state index in [2.05, 4.69) is 46.1 Å². The lowest BCUT2D eigenvalue weighted by atomic mass is 9.82. The zero-order chi connectivity index (χ0) is 11.6. The van der Waals surface area contributed by atoms with Crippen LogP contribution in [0.25, 0.3) is 0 Å². The number of nitrogens with zero attached hydrogens (tertiary/aromatic N) is 1. The fourth-order valence-electron chi connectivity index (χ4n) is 1.84. The highest BCUT2D eigenvalue weighted by atomic mass is 79.9. The second-order valence-electron chi connectivity index (χ2n) is 4.88. The molecule has 1 N–H and O–H groups in total. The van der Waals surface area contributed by atoms with Crippen LogP contribution in [0, 0.1) is 5.41 Å². The first-order valence-corrected chi connectivity index (χ1v) is 7.48. The minimum atomic E-state index is 0.373. The van der Waals surface area contributed by atoms with Crippen molar-refractivity contribution in [3.8, 4) is 0 Å². The standard InChI is InChI=1S/C12H17BrN2S/c1-12(2)5-6-16-8-10(12)15-9-3-4-11(13)14-7-9/h3-4,7,10,15H,5-6,8H2,1-2H3. The van der Waals surface area contributed by atoms with Gasteiger partial charge in [0.25, 0.3) is 0 Å². The van der Waals surface area contributed by atoms with Gasteiger partial charge in [0.05, 0.1) is 11.9 Å². The molecule has 88 valence electrons. The van der Waals surface area contributed by atoms with E-state index in [4.69, 9.17) is 0 Å². The van der Waals surface area contributed by atoms with Crippen LogP contribution < -0.4 is 5.32 Å². The van der Waals surface area contributed by atoms with E-state index in [0.29, 0.717) is 11.5 Å². The Morgan fingerprint density at radius 2 is 2.31 bits per heavy atom. The second kappa shape index (κ2) is 4.96. The molecule has 2 rings (SSSR count). The minimum Gasteiger partial charge on any atom is -0.380 e. The third-order valence-corrected chi connectivity index (χ3v) is 4.72. The molecule has 1 aliphatic heterocycles. The van der Waals surface area contributed by atoms with E-state index in [9.17, 15) is 0 Å². The molecule has 2 heterocycles. The molecule has 0 aliphatic carbocycles. The van der Waals surface area contributed by atoms with Gasteiger partial charge in [-0.05, 0) is 45.7 Å². The molecule has 0 radical (unpaired) electrons. The Balaban J connectivity index is 2.05. The van der Waals surface area contributed by atoms with Crippen molar-refractivity contribution in [2.24, 2.45) is 5.41 Å². The van der Waals surface area contributed by atoms with Gasteiger partial charge in [0.15, 0.2) is 0 Å². The van der Waals surface area contributed by atoms with Crippen LogP contribution in [-0.4, -0.2) is 22.5 Å². The fraction of sp³-hybridized carbons (Fsp3) is 0.583. The van der Waals surface area contributed by atoms with Crippen molar-refractivity contribution in [2.75, 3.05) is 16.8 Å². The number of anilines is 1. The lowest BCUT2D eigenvalue weighted by Crippen LogP contribution is -2.41. The number of rotatable bonds is 2. The van der Waals surface area contributed by atoms with E-state index < -0.39 is 0 Å². The average Bonchev–Trinajstić information content (AvgIpc) is 2.24. The lowest BCUT2D eigenvalue weighted by molar-refractivity contribution is 0.305. The van der Waals surface area contributed by atoms with Gasteiger partial charge in [0.2, 0.25) is 0 Å². The predicted molar refractivity (Wildman–Crippen MR) is 75.1 cm³/mol. The highest BCUT2D eigenvalue weighted by Gasteiger charge is 2.32. The quantitative estimate of drug-likeness (QED) is 0.841. The van der Waals surface area contributed by atoms with E-state index in [-0.39, 0.29) is 0 Å². The van der Waals surface area contributed by atoms with Crippen molar-refractivity contribution in [3.63, 3.8) is 0 Å². The largest absolute Gasteiger partial charge is 0.380 e. The maximum atomic E-state index is 4.24. The van der Waals surface area contributed by atoms with Gasteiger partial charge < -0.3 is 5.32 Å². The molecule has 0 bridgehead atoms. The summed E-state index contributed by atoms with van der Waals surface area (Å²) in [5.74, 6) is 2.47. The number of nitrogens with one attached hydrogen (secondary N) is 1. The van der Waals surface area contributed by atoms with Gasteiger partial charge in [-0.15, -0.1) is 0 Å². The molecule has 16 heavy (non-hydrogen) atoms. The molecule has 4 heteroatoms. The van der Waals surface area contributed by atoms with Gasteiger partial charge >= 0.3 is 0 Å². The number of halogens is 1. The number of thioether (sulfide) groups is 1. The SMILES string of the molecule is CC1(C)CCSCC1Nc1ccc(Br)nc1. The van der Waals surface area contributed by atoms with Crippen molar-refractivity contribution in [1.29, 1.82) is 0 Å². The van der Waals surface area contributed by atoms with Crippen LogP contribution in [0.3, 0.4) is 0 Å². The van der Waals surface area contributed by atoms with E-state index >= 15 is 0 Å². The van der Waals surface area contributed by atoms with Gasteiger partial charge in [0.1, 0.15) is 4.60 Å². The predicted octanol–water partition coefficient (Wildman–Crippen LogP) is 3.79. The molecule has 1 aromatic heterocycles. The first-order chi connectivity index (χ1) is 7.58. The molecule has 0 saturated carbocycles. The van der Waals surface area contributed by atoms with Crippen molar-refractivity contribution >= 4 is 33.4 Å². The fourth-order valence-corrected chi connectivity index (χ4v) is 3.68. The molecule has 1 unspecified atom stereocenters. The zero-order valence-electron chi connectivity index (χ0n) is 9.66. The maximum absolute atomic E-state index is 4.24. The molecular formula is C12H17BrN2S. The van der Waals surface area contributed by atoms with Crippen molar-refractivity contribution in [2.45, 2.75) is 26.3 Å². The molecule has 0 spiro atoms. The van der Waals surface area contributed by atoms with Crippen LogP contribution >= 0.6 is 27.7 Å². The summed E-state index contributed by atoms with van der Waals surface area (Å²) < 4.78 is 0.885. The minimum absolute atomic E-state index is 0.373. The molecule has 1 saturated heterocycles. The maximum Gasteiger partial charge on any atom is 0.106 e. The van der Waals surface area contributed by atoms with Crippen LogP contribution in [0.15, 0.2) is 22.9 Å². The number of aromatic nitrogens is 1. The molecule has 1 fully saturated rings. The van der Waals surface area contributed by atoms with Crippen molar-refractivity contribution in [1.82, 2.24) is 4.98 Å². The molecule has 1 aromatic rings. The first-order valence-electron chi connectivity index (χ1n) is 5.54.